The number of carbonyl (C=O) groups is 2. The highest BCUT2D eigenvalue weighted by atomic mass is 16.4. The maximum atomic E-state index is 11.3. The smallest absolute Gasteiger partial charge is 0.303 e. The molecule has 0 aromatic rings. The number of carboxylic acid groups (broad SMARTS) is 1. The van der Waals surface area contributed by atoms with Crippen molar-refractivity contribution in [3.8, 4) is 0 Å². The summed E-state index contributed by atoms with van der Waals surface area (Å²) in [5.74, 6) is -0.427. The van der Waals surface area contributed by atoms with Gasteiger partial charge in [-0.1, -0.05) is 24.6 Å². The Kier molecular flexibility index (Phi) is 6.30. The molecule has 3 nitrogen and oxygen atoms in total. The molecular formula is C14H20O3. The van der Waals surface area contributed by atoms with E-state index < -0.39 is 5.97 Å². The van der Waals surface area contributed by atoms with Crippen LogP contribution >= 0.6 is 0 Å². The SMILES string of the molecule is O=C(O)CCCCC/C=C\CC1=CCCC1=O. The van der Waals surface area contributed by atoms with E-state index in [0.29, 0.717) is 6.42 Å². The summed E-state index contributed by atoms with van der Waals surface area (Å²) in [5, 5.41) is 8.45. The molecule has 1 rings (SSSR count). The highest BCUT2D eigenvalue weighted by Crippen LogP contribution is 2.17. The van der Waals surface area contributed by atoms with Gasteiger partial charge in [0.1, 0.15) is 0 Å². The number of rotatable bonds is 8. The van der Waals surface area contributed by atoms with Gasteiger partial charge in [-0.25, -0.2) is 0 Å². The van der Waals surface area contributed by atoms with E-state index in [1.54, 1.807) is 0 Å². The van der Waals surface area contributed by atoms with Crippen LogP contribution in [0.5, 0.6) is 0 Å². The lowest BCUT2D eigenvalue weighted by Gasteiger charge is -1.96. The molecule has 94 valence electrons. The number of carbonyl (C=O) groups excluding carboxylic acids is 1. The van der Waals surface area contributed by atoms with Gasteiger partial charge in [0.05, 0.1) is 0 Å². The molecule has 0 radical (unpaired) electrons. The monoisotopic (exact) mass is 236 g/mol. The van der Waals surface area contributed by atoms with Gasteiger partial charge in [-0.15, -0.1) is 0 Å². The fourth-order valence-corrected chi connectivity index (χ4v) is 1.89. The molecular weight excluding hydrogens is 216 g/mol. The van der Waals surface area contributed by atoms with Gasteiger partial charge in [-0.05, 0) is 37.7 Å². The maximum absolute atomic E-state index is 11.3. The van der Waals surface area contributed by atoms with Crippen LogP contribution in [0.2, 0.25) is 0 Å². The Hall–Kier alpha value is -1.38. The first-order valence-electron chi connectivity index (χ1n) is 6.29. The van der Waals surface area contributed by atoms with E-state index in [1.807, 2.05) is 12.2 Å². The first-order chi connectivity index (χ1) is 8.20. The molecule has 0 aliphatic heterocycles. The van der Waals surface area contributed by atoms with Crippen molar-refractivity contribution in [2.45, 2.75) is 51.4 Å². The highest BCUT2D eigenvalue weighted by molar-refractivity contribution is 5.97. The zero-order chi connectivity index (χ0) is 12.5. The Morgan fingerprint density at radius 1 is 1.29 bits per heavy atom. The van der Waals surface area contributed by atoms with Crippen molar-refractivity contribution in [3.05, 3.63) is 23.8 Å². The number of hydrogen-bond donors (Lipinski definition) is 1. The fraction of sp³-hybridized carbons (Fsp3) is 0.571. The average Bonchev–Trinajstić information content (AvgIpc) is 2.68. The van der Waals surface area contributed by atoms with E-state index in [1.165, 1.54) is 0 Å². The van der Waals surface area contributed by atoms with Crippen molar-refractivity contribution in [3.63, 3.8) is 0 Å². The zero-order valence-corrected chi connectivity index (χ0v) is 10.2. The van der Waals surface area contributed by atoms with Gasteiger partial charge in [0.25, 0.3) is 0 Å². The molecule has 3 heteroatoms. The molecule has 0 aromatic heterocycles. The van der Waals surface area contributed by atoms with Crippen molar-refractivity contribution in [2.24, 2.45) is 0 Å². The lowest BCUT2D eigenvalue weighted by atomic mass is 10.1. The number of Topliss-reactive ketones (excluding diaryl/α,β-unsaturated/α-hetero) is 1. The van der Waals surface area contributed by atoms with E-state index in [-0.39, 0.29) is 12.2 Å². The van der Waals surface area contributed by atoms with Crippen LogP contribution in [0.15, 0.2) is 23.8 Å². The zero-order valence-electron chi connectivity index (χ0n) is 10.2. The molecule has 0 aromatic carbocycles. The standard InChI is InChI=1S/C14H20O3/c15-13-10-7-9-12(13)8-5-3-1-2-4-6-11-14(16)17/h3,5,9H,1-2,4,6-8,10-11H2,(H,16,17)/b5-3-. The normalized spacial score (nSPS) is 15.5. The van der Waals surface area contributed by atoms with Crippen molar-refractivity contribution in [1.82, 2.24) is 0 Å². The van der Waals surface area contributed by atoms with Crippen LogP contribution in [0, 0.1) is 0 Å². The Morgan fingerprint density at radius 2 is 2.12 bits per heavy atom. The molecule has 0 amide bonds. The lowest BCUT2D eigenvalue weighted by Crippen LogP contribution is -1.93. The summed E-state index contributed by atoms with van der Waals surface area (Å²) in [7, 11) is 0. The topological polar surface area (TPSA) is 54.4 Å². The van der Waals surface area contributed by atoms with Gasteiger partial charge in [-0.2, -0.15) is 0 Å². The first-order valence-corrected chi connectivity index (χ1v) is 6.29. The van der Waals surface area contributed by atoms with Crippen LogP contribution in [0.1, 0.15) is 51.4 Å². The molecule has 1 aliphatic rings. The third-order valence-corrected chi connectivity index (χ3v) is 2.89. The van der Waals surface area contributed by atoms with Crippen molar-refractivity contribution >= 4 is 11.8 Å². The molecule has 0 saturated heterocycles. The molecule has 0 spiro atoms. The number of ketones is 1. The lowest BCUT2D eigenvalue weighted by molar-refractivity contribution is -0.137. The summed E-state index contributed by atoms with van der Waals surface area (Å²) in [4.78, 5) is 21.5. The predicted molar refractivity (Wildman–Crippen MR) is 66.8 cm³/mol. The number of hydrogen-bond acceptors (Lipinski definition) is 2. The molecule has 1 N–H and O–H groups in total. The Bertz CT molecular complexity index is 326. The number of allylic oxidation sites excluding steroid dienone is 4. The van der Waals surface area contributed by atoms with E-state index in [2.05, 4.69) is 6.08 Å². The van der Waals surface area contributed by atoms with Crippen molar-refractivity contribution in [2.75, 3.05) is 0 Å². The minimum atomic E-state index is -0.716. The molecule has 0 heterocycles. The number of carboxylic acids is 1. The van der Waals surface area contributed by atoms with Gasteiger partial charge in [0, 0.05) is 12.8 Å². The van der Waals surface area contributed by atoms with E-state index in [0.717, 1.165) is 44.1 Å². The molecule has 0 saturated carbocycles. The van der Waals surface area contributed by atoms with Gasteiger partial charge in [0.2, 0.25) is 0 Å². The van der Waals surface area contributed by atoms with Gasteiger partial charge >= 0.3 is 5.97 Å². The minimum absolute atomic E-state index is 0.269. The largest absolute Gasteiger partial charge is 0.481 e. The fourth-order valence-electron chi connectivity index (χ4n) is 1.89. The van der Waals surface area contributed by atoms with Gasteiger partial charge in [-0.3, -0.25) is 9.59 Å². The molecule has 0 unspecified atom stereocenters. The van der Waals surface area contributed by atoms with Crippen LogP contribution in [-0.4, -0.2) is 16.9 Å². The summed E-state index contributed by atoms with van der Waals surface area (Å²) in [6, 6.07) is 0. The molecule has 17 heavy (non-hydrogen) atoms. The summed E-state index contributed by atoms with van der Waals surface area (Å²) < 4.78 is 0. The quantitative estimate of drug-likeness (QED) is 0.520. The maximum Gasteiger partial charge on any atom is 0.303 e. The summed E-state index contributed by atoms with van der Waals surface area (Å²) in [5.41, 5.74) is 0.951. The Morgan fingerprint density at radius 3 is 2.76 bits per heavy atom. The minimum Gasteiger partial charge on any atom is -0.481 e. The van der Waals surface area contributed by atoms with Crippen LogP contribution in [-0.2, 0) is 9.59 Å². The summed E-state index contributed by atoms with van der Waals surface area (Å²) in [6.45, 7) is 0. The number of unbranched alkanes of at least 4 members (excludes halogenated alkanes) is 3. The molecule has 0 fully saturated rings. The van der Waals surface area contributed by atoms with E-state index in [4.69, 9.17) is 5.11 Å². The second-order valence-corrected chi connectivity index (χ2v) is 4.36. The highest BCUT2D eigenvalue weighted by Gasteiger charge is 2.12. The second-order valence-electron chi connectivity index (χ2n) is 4.36. The number of aliphatic carboxylic acids is 1. The van der Waals surface area contributed by atoms with Gasteiger partial charge in [0.15, 0.2) is 5.78 Å². The van der Waals surface area contributed by atoms with Crippen LogP contribution in [0.25, 0.3) is 0 Å². The van der Waals surface area contributed by atoms with E-state index in [9.17, 15) is 9.59 Å². The van der Waals surface area contributed by atoms with E-state index >= 15 is 0 Å². The van der Waals surface area contributed by atoms with Crippen LogP contribution in [0.4, 0.5) is 0 Å². The summed E-state index contributed by atoms with van der Waals surface area (Å²) >= 11 is 0. The third-order valence-electron chi connectivity index (χ3n) is 2.89. The van der Waals surface area contributed by atoms with Gasteiger partial charge < -0.3 is 5.11 Å². The average molecular weight is 236 g/mol. The molecule has 0 bridgehead atoms. The summed E-state index contributed by atoms with van der Waals surface area (Å²) in [6.07, 6.45) is 12.5. The van der Waals surface area contributed by atoms with Crippen LogP contribution < -0.4 is 0 Å². The van der Waals surface area contributed by atoms with Crippen LogP contribution in [0.3, 0.4) is 0 Å². The molecule has 0 atom stereocenters. The predicted octanol–water partition coefficient (Wildman–Crippen LogP) is 3.26. The van der Waals surface area contributed by atoms with Crippen molar-refractivity contribution in [1.29, 1.82) is 0 Å². The molecule has 1 aliphatic carbocycles. The Balaban J connectivity index is 1.99. The third kappa shape index (κ3) is 6.05. The second kappa shape index (κ2) is 7.82. The first kappa shape index (κ1) is 13.7. The Labute approximate surface area is 102 Å². The van der Waals surface area contributed by atoms with Crippen molar-refractivity contribution < 1.29 is 14.7 Å².